The predicted octanol–water partition coefficient (Wildman–Crippen LogP) is 3.70. The van der Waals surface area contributed by atoms with Gasteiger partial charge in [-0.25, -0.2) is 4.98 Å². The number of fused-ring (bicyclic) bond motifs is 3. The Labute approximate surface area is 185 Å². The molecule has 0 saturated carbocycles. The van der Waals surface area contributed by atoms with Crippen molar-refractivity contribution in [2.45, 2.75) is 0 Å². The Hall–Kier alpha value is -3.05. The van der Waals surface area contributed by atoms with E-state index in [1.165, 1.54) is 0 Å². The third-order valence-corrected chi connectivity index (χ3v) is 6.37. The summed E-state index contributed by atoms with van der Waals surface area (Å²) in [6.07, 6.45) is 2.00. The molecule has 0 amide bonds. The lowest BCUT2D eigenvalue weighted by Crippen LogP contribution is -2.38. The second kappa shape index (κ2) is 8.98. The first-order valence-corrected chi connectivity index (χ1v) is 11.2. The Morgan fingerprint density at radius 2 is 1.97 bits per heavy atom. The lowest BCUT2D eigenvalue weighted by Gasteiger charge is -2.26. The van der Waals surface area contributed by atoms with Gasteiger partial charge in [0.1, 0.15) is 18.1 Å². The Kier molecular flexibility index (Phi) is 5.76. The van der Waals surface area contributed by atoms with Crippen LogP contribution in [-0.4, -0.2) is 60.8 Å². The molecule has 5 rings (SSSR count). The molecule has 158 valence electrons. The minimum Gasteiger partial charge on any atom is -0.492 e. The van der Waals surface area contributed by atoms with E-state index in [9.17, 15) is 0 Å². The number of hydrogen-bond acceptors (Lipinski definition) is 6. The maximum atomic E-state index is 5.98. The van der Waals surface area contributed by atoms with Crippen molar-refractivity contribution < 1.29 is 9.47 Å². The number of hydrogen-bond donors (Lipinski definition) is 1. The standard InChI is InChI=1S/C24H24N4O2S/c1-25-19-5-2-18(3-6-19)4-7-20-17-28-22-9-8-21(16-23(22)31-24(28)26-20)30-15-12-27-10-13-29-14-11-27/h2-3,5-6,8-9,16-17,25H,10-15H2,1H3. The summed E-state index contributed by atoms with van der Waals surface area (Å²) in [6, 6.07) is 14.3. The van der Waals surface area contributed by atoms with Crippen LogP contribution in [0.1, 0.15) is 11.3 Å². The molecule has 1 aliphatic heterocycles. The zero-order valence-electron chi connectivity index (χ0n) is 17.4. The lowest BCUT2D eigenvalue weighted by atomic mass is 10.2. The average molecular weight is 433 g/mol. The van der Waals surface area contributed by atoms with Crippen LogP contribution in [0.15, 0.2) is 48.7 Å². The van der Waals surface area contributed by atoms with Crippen LogP contribution in [0.3, 0.4) is 0 Å². The number of aromatic nitrogens is 2. The van der Waals surface area contributed by atoms with E-state index < -0.39 is 0 Å². The Bertz CT molecular complexity index is 1240. The number of ether oxygens (including phenoxy) is 2. The fourth-order valence-electron chi connectivity index (χ4n) is 3.61. The summed E-state index contributed by atoms with van der Waals surface area (Å²) in [6.45, 7) is 5.21. The molecule has 7 heteroatoms. The fraction of sp³-hybridized carbons (Fsp3) is 0.292. The van der Waals surface area contributed by atoms with Gasteiger partial charge >= 0.3 is 0 Å². The molecule has 0 unspecified atom stereocenters. The summed E-state index contributed by atoms with van der Waals surface area (Å²) < 4.78 is 14.6. The predicted molar refractivity (Wildman–Crippen MR) is 125 cm³/mol. The highest BCUT2D eigenvalue weighted by molar-refractivity contribution is 7.23. The summed E-state index contributed by atoms with van der Waals surface area (Å²) in [5, 5.41) is 3.11. The first kappa shape index (κ1) is 19.9. The summed E-state index contributed by atoms with van der Waals surface area (Å²) in [5.74, 6) is 7.26. The van der Waals surface area contributed by atoms with Crippen molar-refractivity contribution in [1.29, 1.82) is 0 Å². The van der Waals surface area contributed by atoms with Crippen molar-refractivity contribution in [1.82, 2.24) is 14.3 Å². The molecule has 0 spiro atoms. The highest BCUT2D eigenvalue weighted by atomic mass is 32.1. The van der Waals surface area contributed by atoms with Gasteiger partial charge < -0.3 is 14.8 Å². The van der Waals surface area contributed by atoms with Gasteiger partial charge in [-0.2, -0.15) is 0 Å². The molecule has 1 N–H and O–H groups in total. The van der Waals surface area contributed by atoms with E-state index in [0.29, 0.717) is 6.61 Å². The van der Waals surface area contributed by atoms with Crippen LogP contribution < -0.4 is 10.1 Å². The van der Waals surface area contributed by atoms with Crippen LogP contribution in [0.25, 0.3) is 15.2 Å². The molecule has 0 bridgehead atoms. The zero-order chi connectivity index (χ0) is 21.0. The molecule has 6 nitrogen and oxygen atoms in total. The number of anilines is 1. The van der Waals surface area contributed by atoms with Crippen molar-refractivity contribution >= 4 is 32.2 Å². The van der Waals surface area contributed by atoms with E-state index >= 15 is 0 Å². The Balaban J connectivity index is 1.28. The molecule has 0 radical (unpaired) electrons. The van der Waals surface area contributed by atoms with Crippen LogP contribution in [0, 0.1) is 11.8 Å². The SMILES string of the molecule is CNc1ccc(C#Cc2cn3c(n2)sc2cc(OCCN4CCOCC4)ccc23)cc1. The highest BCUT2D eigenvalue weighted by Crippen LogP contribution is 2.29. The van der Waals surface area contributed by atoms with Crippen molar-refractivity contribution in [3.05, 3.63) is 59.9 Å². The number of thiazole rings is 1. The molecule has 31 heavy (non-hydrogen) atoms. The molecule has 2 aromatic heterocycles. The van der Waals surface area contributed by atoms with E-state index in [4.69, 9.17) is 9.47 Å². The van der Waals surface area contributed by atoms with Crippen LogP contribution in [0.5, 0.6) is 5.75 Å². The normalized spacial score (nSPS) is 14.5. The van der Waals surface area contributed by atoms with Gasteiger partial charge in [0, 0.05) is 44.1 Å². The third kappa shape index (κ3) is 4.52. The molecular weight excluding hydrogens is 408 g/mol. The third-order valence-electron chi connectivity index (χ3n) is 5.35. The van der Waals surface area contributed by atoms with Crippen molar-refractivity contribution in [2.75, 3.05) is 51.8 Å². The smallest absolute Gasteiger partial charge is 0.195 e. The van der Waals surface area contributed by atoms with E-state index in [0.717, 1.165) is 70.7 Å². The van der Waals surface area contributed by atoms with E-state index in [-0.39, 0.29) is 0 Å². The number of morpholine rings is 1. The maximum absolute atomic E-state index is 5.98. The monoisotopic (exact) mass is 432 g/mol. The number of benzene rings is 2. The molecule has 3 heterocycles. The molecular formula is C24H24N4O2S. The number of nitrogens with one attached hydrogen (secondary N) is 1. The Morgan fingerprint density at radius 3 is 2.77 bits per heavy atom. The topological polar surface area (TPSA) is 51.0 Å². The molecule has 0 aliphatic carbocycles. The highest BCUT2D eigenvalue weighted by Gasteiger charge is 2.11. The maximum Gasteiger partial charge on any atom is 0.195 e. The minimum absolute atomic E-state index is 0.684. The van der Waals surface area contributed by atoms with Gasteiger partial charge in [-0.1, -0.05) is 17.3 Å². The van der Waals surface area contributed by atoms with Crippen molar-refractivity contribution in [2.24, 2.45) is 0 Å². The van der Waals surface area contributed by atoms with Gasteiger partial charge in [-0.3, -0.25) is 9.30 Å². The van der Waals surface area contributed by atoms with E-state index in [1.54, 1.807) is 11.3 Å². The summed E-state index contributed by atoms with van der Waals surface area (Å²) in [5.41, 5.74) is 3.94. The first-order chi connectivity index (χ1) is 15.3. The summed E-state index contributed by atoms with van der Waals surface area (Å²) >= 11 is 1.65. The second-order valence-electron chi connectivity index (χ2n) is 7.39. The van der Waals surface area contributed by atoms with E-state index in [2.05, 4.69) is 43.6 Å². The van der Waals surface area contributed by atoms with Gasteiger partial charge in [0.2, 0.25) is 0 Å². The number of nitrogens with zero attached hydrogens (tertiary/aromatic N) is 3. The van der Waals surface area contributed by atoms with Gasteiger partial charge in [-0.05, 0) is 48.4 Å². The van der Waals surface area contributed by atoms with Crippen LogP contribution in [0.2, 0.25) is 0 Å². The summed E-state index contributed by atoms with van der Waals surface area (Å²) in [4.78, 5) is 8.00. The average Bonchev–Trinajstić information content (AvgIpc) is 3.36. The molecule has 1 aliphatic rings. The van der Waals surface area contributed by atoms with Crippen molar-refractivity contribution in [3.63, 3.8) is 0 Å². The van der Waals surface area contributed by atoms with Crippen molar-refractivity contribution in [3.8, 4) is 17.6 Å². The van der Waals surface area contributed by atoms with Crippen LogP contribution >= 0.6 is 11.3 Å². The number of imidazole rings is 1. The van der Waals surface area contributed by atoms with Crippen LogP contribution in [-0.2, 0) is 4.74 Å². The zero-order valence-corrected chi connectivity index (χ0v) is 18.2. The second-order valence-corrected chi connectivity index (χ2v) is 8.40. The van der Waals surface area contributed by atoms with E-state index in [1.807, 2.05) is 43.6 Å². The molecule has 4 aromatic rings. The molecule has 0 atom stereocenters. The quantitative estimate of drug-likeness (QED) is 0.488. The molecule has 1 fully saturated rings. The molecule has 1 saturated heterocycles. The summed E-state index contributed by atoms with van der Waals surface area (Å²) in [7, 11) is 1.91. The van der Waals surface area contributed by atoms with Crippen LogP contribution in [0.4, 0.5) is 5.69 Å². The van der Waals surface area contributed by atoms with Gasteiger partial charge in [-0.15, -0.1) is 0 Å². The lowest BCUT2D eigenvalue weighted by molar-refractivity contribution is 0.0322. The first-order valence-electron chi connectivity index (χ1n) is 10.4. The number of rotatable bonds is 5. The molecule has 2 aromatic carbocycles. The minimum atomic E-state index is 0.684. The van der Waals surface area contributed by atoms with Gasteiger partial charge in [0.15, 0.2) is 4.96 Å². The van der Waals surface area contributed by atoms with Gasteiger partial charge in [0.25, 0.3) is 0 Å². The fourth-order valence-corrected chi connectivity index (χ4v) is 4.64. The largest absolute Gasteiger partial charge is 0.492 e. The van der Waals surface area contributed by atoms with Gasteiger partial charge in [0.05, 0.1) is 23.4 Å². The Morgan fingerprint density at radius 1 is 1.13 bits per heavy atom.